The number of benzene rings is 1. The zero-order chi connectivity index (χ0) is 15.1. The molecule has 1 aromatic rings. The number of thioether (sulfide) groups is 1. The smallest absolute Gasteiger partial charge is 0.0392 e. The molecule has 0 spiro atoms. The van der Waals surface area contributed by atoms with Crippen LogP contribution in [0.5, 0.6) is 0 Å². The number of hydrogen-bond acceptors (Lipinski definition) is 3. The predicted octanol–water partition coefficient (Wildman–Crippen LogP) is 3.69. The lowest BCUT2D eigenvalue weighted by atomic mass is 9.95. The lowest BCUT2D eigenvalue weighted by molar-refractivity contribution is 0.324. The van der Waals surface area contributed by atoms with Crippen molar-refractivity contribution in [1.82, 2.24) is 4.90 Å². The van der Waals surface area contributed by atoms with Crippen LogP contribution < -0.4 is 5.73 Å². The van der Waals surface area contributed by atoms with Gasteiger partial charge < -0.3 is 10.6 Å². The Morgan fingerprint density at radius 1 is 1.10 bits per heavy atom. The number of aryl methyl sites for hydroxylation is 3. The maximum absolute atomic E-state index is 6.39. The van der Waals surface area contributed by atoms with E-state index in [2.05, 4.69) is 51.7 Å². The number of hydrogen-bond donors (Lipinski definition) is 1. The Kier molecular flexibility index (Phi) is 7.63. The molecule has 1 aromatic carbocycles. The van der Waals surface area contributed by atoms with Gasteiger partial charge >= 0.3 is 0 Å². The van der Waals surface area contributed by atoms with Gasteiger partial charge in [0, 0.05) is 24.1 Å². The topological polar surface area (TPSA) is 29.3 Å². The first kappa shape index (κ1) is 17.5. The zero-order valence-electron chi connectivity index (χ0n) is 13.7. The number of nitrogens with zero attached hydrogens (tertiary/aromatic N) is 1. The number of rotatable bonds is 8. The molecule has 0 aliphatic rings. The van der Waals surface area contributed by atoms with Crippen LogP contribution in [0.2, 0.25) is 0 Å². The summed E-state index contributed by atoms with van der Waals surface area (Å²) >= 11 is 1.97. The molecule has 0 aliphatic carbocycles. The molecule has 2 nitrogen and oxygen atoms in total. The van der Waals surface area contributed by atoms with E-state index in [1.54, 1.807) is 0 Å². The lowest BCUT2D eigenvalue weighted by Crippen LogP contribution is -2.26. The summed E-state index contributed by atoms with van der Waals surface area (Å²) in [5.74, 6) is 2.17. The normalized spacial score (nSPS) is 12.9. The van der Waals surface area contributed by atoms with E-state index >= 15 is 0 Å². The van der Waals surface area contributed by atoms with Crippen LogP contribution in [0.3, 0.4) is 0 Å². The Balaban J connectivity index is 2.49. The average molecular weight is 295 g/mol. The van der Waals surface area contributed by atoms with Gasteiger partial charge in [-0.05, 0) is 50.6 Å². The van der Waals surface area contributed by atoms with Crippen molar-refractivity contribution in [3.63, 3.8) is 0 Å². The summed E-state index contributed by atoms with van der Waals surface area (Å²) in [6.45, 7) is 14.4. The van der Waals surface area contributed by atoms with E-state index in [1.165, 1.54) is 28.0 Å². The van der Waals surface area contributed by atoms with E-state index in [1.807, 2.05) is 11.8 Å². The Bertz CT molecular complexity index is 390. The van der Waals surface area contributed by atoms with Crippen molar-refractivity contribution < 1.29 is 0 Å². The Hall–Kier alpha value is -0.510. The van der Waals surface area contributed by atoms with Gasteiger partial charge in [0.25, 0.3) is 0 Å². The van der Waals surface area contributed by atoms with Gasteiger partial charge in [-0.3, -0.25) is 0 Å². The van der Waals surface area contributed by atoms with Crippen molar-refractivity contribution in [2.75, 3.05) is 31.1 Å². The summed E-state index contributed by atoms with van der Waals surface area (Å²) in [7, 11) is 0. The highest BCUT2D eigenvalue weighted by Crippen LogP contribution is 2.24. The molecular formula is C17H30N2S. The maximum Gasteiger partial charge on any atom is 0.0392 e. The van der Waals surface area contributed by atoms with Crippen LogP contribution in [0.15, 0.2) is 12.1 Å². The standard InChI is InChI=1S/C17H30N2S/c1-6-19(7-2)8-9-20-12-16(18)17-14(4)10-13(3)11-15(17)5/h10-11,16H,6-9,12,18H2,1-5H3. The molecule has 0 saturated heterocycles. The van der Waals surface area contributed by atoms with Gasteiger partial charge in [0.05, 0.1) is 0 Å². The second-order valence-corrected chi connectivity index (χ2v) is 6.67. The SMILES string of the molecule is CCN(CC)CCSCC(N)c1c(C)cc(C)cc1C. The third-order valence-electron chi connectivity index (χ3n) is 3.85. The second-order valence-electron chi connectivity index (χ2n) is 5.52. The lowest BCUT2D eigenvalue weighted by Gasteiger charge is -2.20. The van der Waals surface area contributed by atoms with Crippen LogP contribution >= 0.6 is 11.8 Å². The summed E-state index contributed by atoms with van der Waals surface area (Å²) in [5.41, 5.74) is 11.7. The van der Waals surface area contributed by atoms with E-state index in [-0.39, 0.29) is 6.04 Å². The van der Waals surface area contributed by atoms with Gasteiger partial charge in [0.15, 0.2) is 0 Å². The van der Waals surface area contributed by atoms with Crippen molar-refractivity contribution in [2.24, 2.45) is 5.73 Å². The predicted molar refractivity (Wildman–Crippen MR) is 92.7 cm³/mol. The van der Waals surface area contributed by atoms with E-state index in [0.29, 0.717) is 0 Å². The Labute approximate surface area is 129 Å². The van der Waals surface area contributed by atoms with Gasteiger partial charge in [0.1, 0.15) is 0 Å². The minimum atomic E-state index is 0.150. The second kappa shape index (κ2) is 8.71. The van der Waals surface area contributed by atoms with Crippen molar-refractivity contribution in [3.8, 4) is 0 Å². The van der Waals surface area contributed by atoms with Crippen LogP contribution in [0.25, 0.3) is 0 Å². The van der Waals surface area contributed by atoms with Crippen LogP contribution in [-0.4, -0.2) is 36.0 Å². The summed E-state index contributed by atoms with van der Waals surface area (Å²) in [4.78, 5) is 2.46. The number of nitrogens with two attached hydrogens (primary N) is 1. The molecule has 2 N–H and O–H groups in total. The molecule has 0 aromatic heterocycles. The van der Waals surface area contributed by atoms with Gasteiger partial charge in [-0.1, -0.05) is 31.5 Å². The first-order valence-electron chi connectivity index (χ1n) is 7.63. The van der Waals surface area contributed by atoms with Crippen LogP contribution in [0, 0.1) is 20.8 Å². The fourth-order valence-corrected chi connectivity index (χ4v) is 3.78. The quantitative estimate of drug-likeness (QED) is 0.742. The van der Waals surface area contributed by atoms with Gasteiger partial charge in [-0.25, -0.2) is 0 Å². The van der Waals surface area contributed by atoms with E-state index < -0.39 is 0 Å². The Morgan fingerprint density at radius 2 is 1.65 bits per heavy atom. The van der Waals surface area contributed by atoms with Crippen LogP contribution in [0.4, 0.5) is 0 Å². The van der Waals surface area contributed by atoms with Crippen LogP contribution in [-0.2, 0) is 0 Å². The molecule has 1 rings (SSSR count). The summed E-state index contributed by atoms with van der Waals surface area (Å²) in [6.07, 6.45) is 0. The molecule has 0 amide bonds. The molecular weight excluding hydrogens is 264 g/mol. The third-order valence-corrected chi connectivity index (χ3v) is 4.92. The molecule has 20 heavy (non-hydrogen) atoms. The zero-order valence-corrected chi connectivity index (χ0v) is 14.5. The summed E-state index contributed by atoms with van der Waals surface area (Å²) < 4.78 is 0. The molecule has 1 unspecified atom stereocenters. The summed E-state index contributed by atoms with van der Waals surface area (Å²) in [5, 5.41) is 0. The van der Waals surface area contributed by atoms with Crippen LogP contribution in [0.1, 0.15) is 42.1 Å². The molecule has 1 atom stereocenters. The molecule has 0 radical (unpaired) electrons. The fraction of sp³-hybridized carbons (Fsp3) is 0.647. The molecule has 114 valence electrons. The molecule has 0 bridgehead atoms. The van der Waals surface area contributed by atoms with Crippen molar-refractivity contribution in [1.29, 1.82) is 0 Å². The molecule has 0 aliphatic heterocycles. The highest BCUT2D eigenvalue weighted by Gasteiger charge is 2.12. The van der Waals surface area contributed by atoms with Gasteiger partial charge in [-0.15, -0.1) is 0 Å². The molecule has 0 fully saturated rings. The summed E-state index contributed by atoms with van der Waals surface area (Å²) in [6, 6.07) is 4.63. The Morgan fingerprint density at radius 3 is 2.15 bits per heavy atom. The first-order valence-corrected chi connectivity index (χ1v) is 8.78. The minimum absolute atomic E-state index is 0.150. The van der Waals surface area contributed by atoms with E-state index in [4.69, 9.17) is 5.73 Å². The maximum atomic E-state index is 6.39. The highest BCUT2D eigenvalue weighted by molar-refractivity contribution is 7.99. The first-order chi connectivity index (χ1) is 9.49. The van der Waals surface area contributed by atoms with Gasteiger partial charge in [0.2, 0.25) is 0 Å². The minimum Gasteiger partial charge on any atom is -0.323 e. The average Bonchev–Trinajstić information content (AvgIpc) is 2.37. The van der Waals surface area contributed by atoms with Gasteiger partial charge in [-0.2, -0.15) is 11.8 Å². The monoisotopic (exact) mass is 294 g/mol. The molecule has 0 heterocycles. The molecule has 0 saturated carbocycles. The molecule has 3 heteroatoms. The van der Waals surface area contributed by atoms with E-state index in [0.717, 1.165) is 25.4 Å². The highest BCUT2D eigenvalue weighted by atomic mass is 32.2. The van der Waals surface area contributed by atoms with Crippen molar-refractivity contribution in [2.45, 2.75) is 40.7 Å². The van der Waals surface area contributed by atoms with Crippen molar-refractivity contribution >= 4 is 11.8 Å². The fourth-order valence-electron chi connectivity index (χ4n) is 2.80. The third kappa shape index (κ3) is 5.12. The largest absolute Gasteiger partial charge is 0.323 e. The van der Waals surface area contributed by atoms with Crippen molar-refractivity contribution in [3.05, 3.63) is 34.4 Å². The van der Waals surface area contributed by atoms with E-state index in [9.17, 15) is 0 Å².